The number of likely N-dealkylation sites (tertiary alicyclic amines) is 1. The van der Waals surface area contributed by atoms with Gasteiger partial charge in [-0.1, -0.05) is 0 Å². The highest BCUT2D eigenvalue weighted by atomic mass is 32.2. The van der Waals surface area contributed by atoms with Gasteiger partial charge in [-0.2, -0.15) is 0 Å². The van der Waals surface area contributed by atoms with Gasteiger partial charge in [-0.15, -0.1) is 0 Å². The third-order valence-corrected chi connectivity index (χ3v) is 4.36. The first-order valence-corrected chi connectivity index (χ1v) is 10.1. The van der Waals surface area contributed by atoms with E-state index in [1.165, 1.54) is 6.26 Å². The standard InChI is InChI=1S/C14H28N4O4S/c1-4-15-13(16-8-11-23(3,20)21)17-12-6-9-18(10-7-12)14(19)22-5-2/h12H,4-11H2,1-3H3,(H2,15,16,17). The van der Waals surface area contributed by atoms with Crippen LogP contribution in [0, 0.1) is 0 Å². The molecule has 0 aliphatic carbocycles. The molecule has 1 rings (SSSR count). The van der Waals surface area contributed by atoms with Gasteiger partial charge in [-0.25, -0.2) is 13.2 Å². The van der Waals surface area contributed by atoms with E-state index in [2.05, 4.69) is 15.6 Å². The number of nitrogens with one attached hydrogen (secondary N) is 2. The van der Waals surface area contributed by atoms with Crippen LogP contribution in [0.25, 0.3) is 0 Å². The van der Waals surface area contributed by atoms with Gasteiger partial charge in [-0.3, -0.25) is 4.99 Å². The van der Waals surface area contributed by atoms with Crippen molar-refractivity contribution >= 4 is 21.9 Å². The lowest BCUT2D eigenvalue weighted by atomic mass is 10.1. The molecule has 0 aromatic heterocycles. The maximum absolute atomic E-state index is 11.7. The molecule has 0 unspecified atom stereocenters. The number of rotatable bonds is 6. The number of nitrogens with zero attached hydrogens (tertiary/aromatic N) is 2. The molecule has 2 N–H and O–H groups in total. The number of piperidine rings is 1. The average molecular weight is 348 g/mol. The molecule has 0 saturated carbocycles. The van der Waals surface area contributed by atoms with Gasteiger partial charge in [0, 0.05) is 31.9 Å². The van der Waals surface area contributed by atoms with E-state index in [9.17, 15) is 13.2 Å². The molecular formula is C14H28N4O4S. The highest BCUT2D eigenvalue weighted by Gasteiger charge is 2.24. The second kappa shape index (κ2) is 9.59. The first-order valence-electron chi connectivity index (χ1n) is 8.00. The number of ether oxygens (including phenoxy) is 1. The Morgan fingerprint density at radius 2 is 1.96 bits per heavy atom. The van der Waals surface area contributed by atoms with Gasteiger partial charge in [0.2, 0.25) is 0 Å². The first kappa shape index (κ1) is 19.5. The Balaban J connectivity index is 2.46. The van der Waals surface area contributed by atoms with Crippen molar-refractivity contribution in [1.29, 1.82) is 0 Å². The number of carbonyl (C=O) groups is 1. The summed E-state index contributed by atoms with van der Waals surface area (Å²) >= 11 is 0. The molecule has 1 heterocycles. The molecule has 1 fully saturated rings. The van der Waals surface area contributed by atoms with Crippen molar-refractivity contribution in [2.45, 2.75) is 32.7 Å². The summed E-state index contributed by atoms with van der Waals surface area (Å²) in [5.41, 5.74) is 0. The monoisotopic (exact) mass is 348 g/mol. The van der Waals surface area contributed by atoms with Crippen molar-refractivity contribution in [2.24, 2.45) is 4.99 Å². The lowest BCUT2D eigenvalue weighted by Gasteiger charge is -2.32. The quantitative estimate of drug-likeness (QED) is 0.526. The number of carbonyl (C=O) groups excluding carboxylic acids is 1. The fourth-order valence-corrected chi connectivity index (χ4v) is 2.68. The number of hydrogen-bond acceptors (Lipinski definition) is 5. The molecule has 9 heteroatoms. The second-order valence-electron chi connectivity index (χ2n) is 5.50. The number of sulfone groups is 1. The predicted octanol–water partition coefficient (Wildman–Crippen LogP) is 0.207. The molecular weight excluding hydrogens is 320 g/mol. The van der Waals surface area contributed by atoms with Crippen molar-refractivity contribution in [3.8, 4) is 0 Å². The smallest absolute Gasteiger partial charge is 0.409 e. The van der Waals surface area contributed by atoms with Gasteiger partial charge in [0.25, 0.3) is 0 Å². The normalized spacial score (nSPS) is 17.0. The van der Waals surface area contributed by atoms with E-state index in [4.69, 9.17) is 4.74 Å². The van der Waals surface area contributed by atoms with Gasteiger partial charge in [0.05, 0.1) is 18.9 Å². The van der Waals surface area contributed by atoms with Gasteiger partial charge in [-0.05, 0) is 26.7 Å². The van der Waals surface area contributed by atoms with Crippen molar-refractivity contribution in [3.63, 3.8) is 0 Å². The molecule has 23 heavy (non-hydrogen) atoms. The molecule has 0 aromatic rings. The van der Waals surface area contributed by atoms with E-state index in [1.54, 1.807) is 11.8 Å². The van der Waals surface area contributed by atoms with Crippen LogP contribution in [0.5, 0.6) is 0 Å². The summed E-state index contributed by atoms with van der Waals surface area (Å²) in [7, 11) is -3.01. The lowest BCUT2D eigenvalue weighted by Crippen LogP contribution is -2.50. The van der Waals surface area contributed by atoms with Crippen LogP contribution >= 0.6 is 0 Å². The van der Waals surface area contributed by atoms with Crippen LogP contribution in [-0.4, -0.2) is 76.2 Å². The summed E-state index contributed by atoms with van der Waals surface area (Å²) in [4.78, 5) is 17.6. The molecule has 1 aliphatic rings. The highest BCUT2D eigenvalue weighted by Crippen LogP contribution is 2.11. The Morgan fingerprint density at radius 3 is 2.48 bits per heavy atom. The topological polar surface area (TPSA) is 100 Å². The van der Waals surface area contributed by atoms with Crippen LogP contribution in [0.15, 0.2) is 4.99 Å². The maximum Gasteiger partial charge on any atom is 0.409 e. The molecule has 134 valence electrons. The third-order valence-electron chi connectivity index (χ3n) is 3.44. The Morgan fingerprint density at radius 1 is 1.30 bits per heavy atom. The minimum absolute atomic E-state index is 0.0326. The zero-order valence-electron chi connectivity index (χ0n) is 14.2. The van der Waals surface area contributed by atoms with Gasteiger partial charge in [0.1, 0.15) is 9.84 Å². The summed E-state index contributed by atoms with van der Waals surface area (Å²) in [5.74, 6) is 0.649. The maximum atomic E-state index is 11.7. The largest absolute Gasteiger partial charge is 0.450 e. The van der Waals surface area contributed by atoms with Crippen LogP contribution in [0.3, 0.4) is 0 Å². The number of hydrogen-bond donors (Lipinski definition) is 2. The molecule has 1 saturated heterocycles. The second-order valence-corrected chi connectivity index (χ2v) is 7.75. The molecule has 0 spiro atoms. The van der Waals surface area contributed by atoms with Crippen molar-refractivity contribution in [1.82, 2.24) is 15.5 Å². The Hall–Kier alpha value is -1.51. The van der Waals surface area contributed by atoms with Crippen molar-refractivity contribution < 1.29 is 17.9 Å². The minimum atomic E-state index is -3.01. The Bertz CT molecular complexity index is 499. The van der Waals surface area contributed by atoms with Gasteiger partial charge >= 0.3 is 6.09 Å². The summed E-state index contributed by atoms with van der Waals surface area (Å²) in [6, 6.07) is 0.205. The third kappa shape index (κ3) is 8.06. The zero-order chi connectivity index (χ0) is 17.3. The van der Waals surface area contributed by atoms with E-state index >= 15 is 0 Å². The van der Waals surface area contributed by atoms with Crippen LogP contribution in [0.4, 0.5) is 4.79 Å². The summed E-state index contributed by atoms with van der Waals surface area (Å²) in [6.07, 6.45) is 2.54. The molecule has 0 atom stereocenters. The lowest BCUT2D eigenvalue weighted by molar-refractivity contribution is 0.0963. The molecule has 1 aliphatic heterocycles. The van der Waals surface area contributed by atoms with Gasteiger partial charge < -0.3 is 20.3 Å². The number of guanidine groups is 1. The zero-order valence-corrected chi connectivity index (χ0v) is 15.0. The summed E-state index contributed by atoms with van der Waals surface area (Å²) < 4.78 is 27.3. The Kier molecular flexibility index (Phi) is 8.15. The molecule has 8 nitrogen and oxygen atoms in total. The van der Waals surface area contributed by atoms with E-state index in [0.29, 0.717) is 32.2 Å². The van der Waals surface area contributed by atoms with E-state index < -0.39 is 9.84 Å². The fourth-order valence-electron chi connectivity index (χ4n) is 2.26. The SMILES string of the molecule is CCNC(=NCCS(C)(=O)=O)NC1CCN(C(=O)OCC)CC1. The molecule has 0 aromatic carbocycles. The van der Waals surface area contributed by atoms with Crippen molar-refractivity contribution in [2.75, 3.05) is 44.8 Å². The van der Waals surface area contributed by atoms with E-state index in [1.807, 2.05) is 6.92 Å². The fraction of sp³-hybridized carbons (Fsp3) is 0.857. The highest BCUT2D eigenvalue weighted by molar-refractivity contribution is 7.90. The summed E-state index contributed by atoms with van der Waals surface area (Å²) in [5, 5.41) is 6.41. The predicted molar refractivity (Wildman–Crippen MR) is 90.4 cm³/mol. The van der Waals surface area contributed by atoms with E-state index in [-0.39, 0.29) is 24.4 Å². The Labute approximate surface area is 138 Å². The van der Waals surface area contributed by atoms with Crippen LogP contribution in [0.2, 0.25) is 0 Å². The van der Waals surface area contributed by atoms with E-state index in [0.717, 1.165) is 12.8 Å². The van der Waals surface area contributed by atoms with Crippen LogP contribution < -0.4 is 10.6 Å². The van der Waals surface area contributed by atoms with Gasteiger partial charge in [0.15, 0.2) is 5.96 Å². The average Bonchev–Trinajstić information content (AvgIpc) is 2.47. The van der Waals surface area contributed by atoms with Crippen molar-refractivity contribution in [3.05, 3.63) is 0 Å². The minimum Gasteiger partial charge on any atom is -0.450 e. The number of amides is 1. The summed E-state index contributed by atoms with van der Waals surface area (Å²) in [6.45, 7) is 6.34. The van der Waals surface area contributed by atoms with Crippen LogP contribution in [-0.2, 0) is 14.6 Å². The number of aliphatic imine (C=N–C) groups is 1. The first-order chi connectivity index (χ1) is 10.9. The molecule has 1 amide bonds. The molecule has 0 bridgehead atoms. The van der Waals surface area contributed by atoms with Crippen LogP contribution in [0.1, 0.15) is 26.7 Å². The molecule has 0 radical (unpaired) electrons.